The highest BCUT2D eigenvalue weighted by molar-refractivity contribution is 5.89. The number of hydrogen-bond acceptors (Lipinski definition) is 5. The molecule has 0 unspecified atom stereocenters. The molecule has 9 nitrogen and oxygen atoms in total. The molecule has 1 aromatic rings. The summed E-state index contributed by atoms with van der Waals surface area (Å²) in [6, 6.07) is -2.49. The van der Waals surface area contributed by atoms with Crippen LogP contribution in [0.3, 0.4) is 0 Å². The predicted octanol–water partition coefficient (Wildman–Crippen LogP) is -1.68. The summed E-state index contributed by atoms with van der Waals surface area (Å²) in [5, 5.41) is 19.4. The number of rotatable bonds is 7. The molecule has 9 heteroatoms. The van der Waals surface area contributed by atoms with E-state index in [1.165, 1.54) is 12.5 Å². The Kier molecular flexibility index (Phi) is 5.01. The zero-order valence-electron chi connectivity index (χ0n) is 9.87. The van der Waals surface area contributed by atoms with Gasteiger partial charge in [-0.2, -0.15) is 0 Å². The number of hydrogen-bond donors (Lipinski definition) is 5. The minimum absolute atomic E-state index is 0.144. The van der Waals surface area contributed by atoms with Crippen molar-refractivity contribution < 1.29 is 24.6 Å². The molecule has 0 radical (unpaired) electrons. The van der Waals surface area contributed by atoms with Crippen LogP contribution in [0.25, 0.3) is 0 Å². The normalized spacial score (nSPS) is 13.5. The third-order valence-corrected chi connectivity index (χ3v) is 2.32. The van der Waals surface area contributed by atoms with Crippen LogP contribution in [0, 0.1) is 0 Å². The molecule has 1 aromatic heterocycles. The van der Waals surface area contributed by atoms with Crippen molar-refractivity contribution in [1.29, 1.82) is 0 Å². The average Bonchev–Trinajstić information content (AvgIpc) is 2.79. The van der Waals surface area contributed by atoms with Crippen LogP contribution in [0.2, 0.25) is 0 Å². The summed E-state index contributed by atoms with van der Waals surface area (Å²) in [5.74, 6) is -3.48. The number of carbonyl (C=O) groups excluding carboxylic acids is 1. The van der Waals surface area contributed by atoms with E-state index in [0.29, 0.717) is 5.69 Å². The number of nitrogens with zero attached hydrogens (tertiary/aromatic N) is 1. The molecule has 1 heterocycles. The number of carbonyl (C=O) groups is 3. The molecular formula is C10H14N4O5. The molecule has 104 valence electrons. The summed E-state index contributed by atoms with van der Waals surface area (Å²) in [4.78, 5) is 39.4. The van der Waals surface area contributed by atoms with E-state index >= 15 is 0 Å². The summed E-state index contributed by atoms with van der Waals surface area (Å²) in [6.45, 7) is 0. The number of nitrogens with two attached hydrogens (primary N) is 1. The van der Waals surface area contributed by atoms with Crippen LogP contribution in [0.1, 0.15) is 12.1 Å². The van der Waals surface area contributed by atoms with Crippen LogP contribution >= 0.6 is 0 Å². The van der Waals surface area contributed by atoms with Crippen molar-refractivity contribution in [2.45, 2.75) is 24.9 Å². The zero-order chi connectivity index (χ0) is 14.4. The number of nitrogens with one attached hydrogen (secondary N) is 2. The Labute approximate surface area is 107 Å². The van der Waals surface area contributed by atoms with Gasteiger partial charge in [-0.15, -0.1) is 0 Å². The summed E-state index contributed by atoms with van der Waals surface area (Å²) in [5.41, 5.74) is 6.21. The summed E-state index contributed by atoms with van der Waals surface area (Å²) >= 11 is 0. The molecule has 6 N–H and O–H groups in total. The van der Waals surface area contributed by atoms with Gasteiger partial charge in [0.25, 0.3) is 0 Å². The van der Waals surface area contributed by atoms with Gasteiger partial charge in [-0.25, -0.2) is 9.78 Å². The van der Waals surface area contributed by atoms with Crippen molar-refractivity contribution in [2.24, 2.45) is 5.73 Å². The molecule has 0 saturated heterocycles. The Morgan fingerprint density at radius 2 is 2.11 bits per heavy atom. The third kappa shape index (κ3) is 4.76. The molecule has 0 aliphatic heterocycles. The van der Waals surface area contributed by atoms with E-state index in [1.807, 2.05) is 0 Å². The van der Waals surface area contributed by atoms with E-state index in [1.54, 1.807) is 0 Å². The minimum Gasteiger partial charge on any atom is -0.481 e. The van der Waals surface area contributed by atoms with Crippen molar-refractivity contribution >= 4 is 17.8 Å². The number of carboxylic acids is 2. The van der Waals surface area contributed by atoms with Crippen LogP contribution < -0.4 is 11.1 Å². The lowest BCUT2D eigenvalue weighted by Crippen LogP contribution is -2.49. The van der Waals surface area contributed by atoms with Crippen molar-refractivity contribution in [3.05, 3.63) is 18.2 Å². The average molecular weight is 270 g/mol. The van der Waals surface area contributed by atoms with Gasteiger partial charge in [0.1, 0.15) is 6.04 Å². The van der Waals surface area contributed by atoms with E-state index in [0.717, 1.165) is 0 Å². The highest BCUT2D eigenvalue weighted by Crippen LogP contribution is 1.99. The summed E-state index contributed by atoms with van der Waals surface area (Å²) in [7, 11) is 0. The SMILES string of the molecule is N[C@@H](Cc1cnc[nH]1)C(=O)N[C@@H](CC(=O)O)C(=O)O. The maximum absolute atomic E-state index is 11.6. The molecule has 19 heavy (non-hydrogen) atoms. The molecule has 0 spiro atoms. The van der Waals surface area contributed by atoms with Crippen LogP contribution in [-0.4, -0.2) is 50.1 Å². The first-order valence-corrected chi connectivity index (χ1v) is 5.38. The quantitative estimate of drug-likeness (QED) is 0.396. The summed E-state index contributed by atoms with van der Waals surface area (Å²) < 4.78 is 0. The highest BCUT2D eigenvalue weighted by Gasteiger charge is 2.25. The Morgan fingerprint density at radius 1 is 1.42 bits per heavy atom. The van der Waals surface area contributed by atoms with E-state index in [2.05, 4.69) is 15.3 Å². The van der Waals surface area contributed by atoms with Crippen LogP contribution in [0.5, 0.6) is 0 Å². The number of carboxylic acid groups (broad SMARTS) is 2. The van der Waals surface area contributed by atoms with Gasteiger partial charge in [-0.05, 0) is 0 Å². The number of amides is 1. The number of aromatic amines is 1. The lowest BCUT2D eigenvalue weighted by molar-refractivity contribution is -0.147. The monoisotopic (exact) mass is 270 g/mol. The second kappa shape index (κ2) is 6.50. The molecule has 0 aromatic carbocycles. The molecule has 0 saturated carbocycles. The largest absolute Gasteiger partial charge is 0.481 e. The van der Waals surface area contributed by atoms with Gasteiger partial charge in [-0.1, -0.05) is 0 Å². The molecule has 1 rings (SSSR count). The van der Waals surface area contributed by atoms with Gasteiger partial charge >= 0.3 is 11.9 Å². The number of imidazole rings is 1. The van der Waals surface area contributed by atoms with Crippen molar-refractivity contribution in [1.82, 2.24) is 15.3 Å². The first-order valence-electron chi connectivity index (χ1n) is 5.38. The van der Waals surface area contributed by atoms with Gasteiger partial charge in [0.2, 0.25) is 5.91 Å². The van der Waals surface area contributed by atoms with Crippen molar-refractivity contribution in [3.8, 4) is 0 Å². The molecule has 0 bridgehead atoms. The van der Waals surface area contributed by atoms with Crippen LogP contribution in [0.4, 0.5) is 0 Å². The topological polar surface area (TPSA) is 158 Å². The lowest BCUT2D eigenvalue weighted by Gasteiger charge is -2.16. The molecular weight excluding hydrogens is 256 g/mol. The standard InChI is InChI=1S/C10H14N4O5/c11-6(1-5-3-12-4-13-5)9(17)14-7(10(18)19)2-8(15)16/h3-4,6-7H,1-2,11H2,(H,12,13)(H,14,17)(H,15,16)(H,18,19)/t6-,7-/m0/s1. The Morgan fingerprint density at radius 3 is 2.58 bits per heavy atom. The van der Waals surface area contributed by atoms with Gasteiger partial charge in [0, 0.05) is 18.3 Å². The molecule has 1 amide bonds. The van der Waals surface area contributed by atoms with Gasteiger partial charge < -0.3 is 26.2 Å². The van der Waals surface area contributed by atoms with Crippen LogP contribution in [-0.2, 0) is 20.8 Å². The summed E-state index contributed by atoms with van der Waals surface area (Å²) in [6.07, 6.45) is 2.34. The first-order chi connectivity index (χ1) is 8.90. The van der Waals surface area contributed by atoms with Crippen molar-refractivity contribution in [2.75, 3.05) is 0 Å². The van der Waals surface area contributed by atoms with Crippen LogP contribution in [0.15, 0.2) is 12.5 Å². The highest BCUT2D eigenvalue weighted by atomic mass is 16.4. The second-order valence-electron chi connectivity index (χ2n) is 3.88. The maximum Gasteiger partial charge on any atom is 0.326 e. The number of H-pyrrole nitrogens is 1. The van der Waals surface area contributed by atoms with E-state index in [9.17, 15) is 14.4 Å². The molecule has 2 atom stereocenters. The third-order valence-electron chi connectivity index (χ3n) is 2.32. The van der Waals surface area contributed by atoms with E-state index in [4.69, 9.17) is 15.9 Å². The Hall–Kier alpha value is -2.42. The number of aromatic nitrogens is 2. The van der Waals surface area contributed by atoms with Crippen molar-refractivity contribution in [3.63, 3.8) is 0 Å². The number of aliphatic carboxylic acids is 2. The predicted molar refractivity (Wildman–Crippen MR) is 62.1 cm³/mol. The second-order valence-corrected chi connectivity index (χ2v) is 3.88. The smallest absolute Gasteiger partial charge is 0.326 e. The fraction of sp³-hybridized carbons (Fsp3) is 0.400. The molecule has 0 fully saturated rings. The fourth-order valence-corrected chi connectivity index (χ4v) is 1.38. The Bertz CT molecular complexity index is 458. The molecule has 0 aliphatic carbocycles. The zero-order valence-corrected chi connectivity index (χ0v) is 9.87. The van der Waals surface area contributed by atoms with E-state index < -0.39 is 36.4 Å². The first kappa shape index (κ1) is 14.6. The Balaban J connectivity index is 2.56. The fourth-order valence-electron chi connectivity index (χ4n) is 1.38. The van der Waals surface area contributed by atoms with Gasteiger partial charge in [0.05, 0.1) is 18.8 Å². The van der Waals surface area contributed by atoms with Gasteiger partial charge in [0.15, 0.2) is 0 Å². The minimum atomic E-state index is -1.50. The van der Waals surface area contributed by atoms with E-state index in [-0.39, 0.29) is 6.42 Å². The molecule has 0 aliphatic rings. The van der Waals surface area contributed by atoms with Gasteiger partial charge in [-0.3, -0.25) is 9.59 Å². The lowest BCUT2D eigenvalue weighted by atomic mass is 10.1. The maximum atomic E-state index is 11.6.